The molecule has 0 unspecified atom stereocenters. The summed E-state index contributed by atoms with van der Waals surface area (Å²) in [5, 5.41) is 7.51. The van der Waals surface area contributed by atoms with Crippen molar-refractivity contribution in [2.24, 2.45) is 0 Å². The number of amides is 1. The van der Waals surface area contributed by atoms with E-state index in [1.54, 1.807) is 23.1 Å². The molecule has 0 saturated carbocycles. The van der Waals surface area contributed by atoms with Crippen LogP contribution in [-0.4, -0.2) is 35.3 Å². The second-order valence-corrected chi connectivity index (χ2v) is 6.64. The van der Waals surface area contributed by atoms with Crippen LogP contribution in [-0.2, 0) is 9.53 Å². The molecule has 0 bridgehead atoms. The van der Waals surface area contributed by atoms with Crippen LogP contribution in [0.25, 0.3) is 17.1 Å². The molecule has 0 aliphatic heterocycles. The summed E-state index contributed by atoms with van der Waals surface area (Å²) in [6, 6.07) is 14.9. The molecule has 152 valence electrons. The van der Waals surface area contributed by atoms with Gasteiger partial charge in [-0.15, -0.1) is 0 Å². The molecule has 3 aromatic rings. The van der Waals surface area contributed by atoms with Crippen molar-refractivity contribution in [1.29, 1.82) is 0 Å². The number of rotatable bonds is 10. The van der Waals surface area contributed by atoms with E-state index in [9.17, 15) is 9.59 Å². The molecule has 2 heterocycles. The van der Waals surface area contributed by atoms with Crippen molar-refractivity contribution < 1.29 is 18.7 Å². The zero-order valence-corrected chi connectivity index (χ0v) is 16.5. The molecule has 1 amide bonds. The highest BCUT2D eigenvalue weighted by atomic mass is 16.5. The van der Waals surface area contributed by atoms with Crippen LogP contribution < -0.4 is 5.32 Å². The van der Waals surface area contributed by atoms with Gasteiger partial charge in [0.2, 0.25) is 0 Å². The lowest BCUT2D eigenvalue weighted by Crippen LogP contribution is -2.26. The Hall–Kier alpha value is -3.35. The first kappa shape index (κ1) is 20.4. The molecule has 3 rings (SSSR count). The monoisotopic (exact) mass is 395 g/mol. The number of unbranched alkanes of at least 4 members (excludes halogenated alkanes) is 3. The third-order valence-corrected chi connectivity index (χ3v) is 4.54. The molecule has 0 spiro atoms. The van der Waals surface area contributed by atoms with Crippen molar-refractivity contribution >= 4 is 11.9 Å². The largest absolute Gasteiger partial charge is 0.469 e. The summed E-state index contributed by atoms with van der Waals surface area (Å²) in [5.41, 5.74) is 1.86. The van der Waals surface area contributed by atoms with Crippen LogP contribution in [0.1, 0.15) is 42.6 Å². The van der Waals surface area contributed by atoms with Gasteiger partial charge in [-0.05, 0) is 37.1 Å². The summed E-state index contributed by atoms with van der Waals surface area (Å²) < 4.78 is 11.7. The van der Waals surface area contributed by atoms with E-state index in [0.29, 0.717) is 30.1 Å². The first-order chi connectivity index (χ1) is 14.2. The Kier molecular flexibility index (Phi) is 7.22. The van der Waals surface area contributed by atoms with Gasteiger partial charge in [-0.25, -0.2) is 4.68 Å². The quantitative estimate of drug-likeness (QED) is 0.414. The summed E-state index contributed by atoms with van der Waals surface area (Å²) in [6.45, 7) is 0.563. The summed E-state index contributed by atoms with van der Waals surface area (Å²) in [6.07, 6.45) is 5.53. The van der Waals surface area contributed by atoms with Crippen LogP contribution in [0.2, 0.25) is 0 Å². The number of carbonyl (C=O) groups is 2. The standard InChI is InChI=1S/C22H25N3O4/c1-28-21(26)13-7-2-3-8-14-23-22(27)19-16-18(20-12-9-15-29-20)24-25(19)17-10-5-4-6-11-17/h4-6,9-12,15-16H,2-3,7-8,13-14H2,1H3,(H,23,27). The van der Waals surface area contributed by atoms with Crippen molar-refractivity contribution in [3.8, 4) is 17.1 Å². The SMILES string of the molecule is COC(=O)CCCCCCNC(=O)c1cc(-c2ccco2)nn1-c1ccccc1. The number of hydrogen-bond acceptors (Lipinski definition) is 5. The lowest BCUT2D eigenvalue weighted by molar-refractivity contribution is -0.140. The van der Waals surface area contributed by atoms with Gasteiger partial charge in [0.25, 0.3) is 5.91 Å². The molecule has 0 aliphatic rings. The third-order valence-electron chi connectivity index (χ3n) is 4.54. The maximum absolute atomic E-state index is 12.8. The molecule has 0 fully saturated rings. The molecular formula is C22H25N3O4. The number of nitrogens with zero attached hydrogens (tertiary/aromatic N) is 2. The summed E-state index contributed by atoms with van der Waals surface area (Å²) in [5.74, 6) is 0.243. The lowest BCUT2D eigenvalue weighted by atomic mass is 10.1. The fourth-order valence-corrected chi connectivity index (χ4v) is 3.00. The van der Waals surface area contributed by atoms with E-state index in [-0.39, 0.29) is 11.9 Å². The van der Waals surface area contributed by atoms with Gasteiger partial charge in [0.05, 0.1) is 19.1 Å². The second kappa shape index (κ2) is 10.3. The van der Waals surface area contributed by atoms with E-state index in [1.165, 1.54) is 7.11 Å². The highest BCUT2D eigenvalue weighted by molar-refractivity contribution is 5.94. The minimum Gasteiger partial charge on any atom is -0.469 e. The Morgan fingerprint density at radius 2 is 1.86 bits per heavy atom. The van der Waals surface area contributed by atoms with Gasteiger partial charge in [-0.3, -0.25) is 9.59 Å². The summed E-state index contributed by atoms with van der Waals surface area (Å²) in [7, 11) is 1.40. The van der Waals surface area contributed by atoms with Crippen LogP contribution in [0, 0.1) is 0 Å². The molecule has 1 aromatic carbocycles. The van der Waals surface area contributed by atoms with Crippen LogP contribution in [0.15, 0.2) is 59.2 Å². The Labute approximate surface area is 169 Å². The Morgan fingerprint density at radius 3 is 2.59 bits per heavy atom. The normalized spacial score (nSPS) is 10.7. The molecule has 1 N–H and O–H groups in total. The van der Waals surface area contributed by atoms with Gasteiger partial charge in [-0.2, -0.15) is 5.10 Å². The maximum Gasteiger partial charge on any atom is 0.305 e. The molecule has 2 aromatic heterocycles. The highest BCUT2D eigenvalue weighted by Gasteiger charge is 2.18. The lowest BCUT2D eigenvalue weighted by Gasteiger charge is -2.08. The van der Waals surface area contributed by atoms with Gasteiger partial charge in [0.1, 0.15) is 11.4 Å². The number of benzene rings is 1. The number of methoxy groups -OCH3 is 1. The van der Waals surface area contributed by atoms with Gasteiger partial charge in [-0.1, -0.05) is 31.0 Å². The average molecular weight is 395 g/mol. The van der Waals surface area contributed by atoms with Crippen LogP contribution in [0.4, 0.5) is 0 Å². The fraction of sp³-hybridized carbons (Fsp3) is 0.318. The maximum atomic E-state index is 12.8. The zero-order chi connectivity index (χ0) is 20.5. The van der Waals surface area contributed by atoms with Gasteiger partial charge < -0.3 is 14.5 Å². The first-order valence-electron chi connectivity index (χ1n) is 9.73. The number of esters is 1. The molecule has 29 heavy (non-hydrogen) atoms. The highest BCUT2D eigenvalue weighted by Crippen LogP contribution is 2.22. The Bertz CT molecular complexity index is 917. The molecular weight excluding hydrogens is 370 g/mol. The number of carbonyl (C=O) groups excluding carboxylic acids is 2. The topological polar surface area (TPSA) is 86.4 Å². The van der Waals surface area contributed by atoms with E-state index >= 15 is 0 Å². The molecule has 0 aliphatic carbocycles. The number of furan rings is 1. The number of aromatic nitrogens is 2. The second-order valence-electron chi connectivity index (χ2n) is 6.64. The summed E-state index contributed by atoms with van der Waals surface area (Å²) in [4.78, 5) is 23.9. The summed E-state index contributed by atoms with van der Waals surface area (Å²) >= 11 is 0. The predicted molar refractivity (Wildman–Crippen MR) is 109 cm³/mol. The van der Waals surface area contributed by atoms with Gasteiger partial charge in [0.15, 0.2) is 5.76 Å². The molecule has 0 radical (unpaired) electrons. The van der Waals surface area contributed by atoms with Crippen LogP contribution >= 0.6 is 0 Å². The van der Waals surface area contributed by atoms with Crippen molar-refractivity contribution in [1.82, 2.24) is 15.1 Å². The van der Waals surface area contributed by atoms with E-state index < -0.39 is 0 Å². The minimum absolute atomic E-state index is 0.181. The predicted octanol–water partition coefficient (Wildman–Crippen LogP) is 3.99. The Balaban J connectivity index is 1.60. The van der Waals surface area contributed by atoms with Gasteiger partial charge >= 0.3 is 5.97 Å². The van der Waals surface area contributed by atoms with Crippen molar-refractivity contribution in [3.63, 3.8) is 0 Å². The van der Waals surface area contributed by atoms with E-state index in [0.717, 1.165) is 31.4 Å². The average Bonchev–Trinajstić information content (AvgIpc) is 3.43. The van der Waals surface area contributed by atoms with Crippen molar-refractivity contribution in [2.75, 3.05) is 13.7 Å². The fourth-order valence-electron chi connectivity index (χ4n) is 3.00. The van der Waals surface area contributed by atoms with E-state index in [1.807, 2.05) is 36.4 Å². The van der Waals surface area contributed by atoms with Crippen LogP contribution in [0.5, 0.6) is 0 Å². The molecule has 7 nitrogen and oxygen atoms in total. The zero-order valence-electron chi connectivity index (χ0n) is 16.5. The number of para-hydroxylation sites is 1. The molecule has 7 heteroatoms. The molecule has 0 atom stereocenters. The number of ether oxygens (including phenoxy) is 1. The van der Waals surface area contributed by atoms with Crippen LogP contribution in [0.3, 0.4) is 0 Å². The third kappa shape index (κ3) is 5.57. The van der Waals surface area contributed by atoms with E-state index in [2.05, 4.69) is 15.2 Å². The van der Waals surface area contributed by atoms with Crippen molar-refractivity contribution in [2.45, 2.75) is 32.1 Å². The van der Waals surface area contributed by atoms with Gasteiger partial charge in [0, 0.05) is 19.0 Å². The first-order valence-corrected chi connectivity index (χ1v) is 9.73. The Morgan fingerprint density at radius 1 is 1.07 bits per heavy atom. The smallest absolute Gasteiger partial charge is 0.305 e. The number of nitrogens with one attached hydrogen (secondary N) is 1. The van der Waals surface area contributed by atoms with Crippen molar-refractivity contribution in [3.05, 3.63) is 60.5 Å². The number of hydrogen-bond donors (Lipinski definition) is 1. The van der Waals surface area contributed by atoms with E-state index in [4.69, 9.17) is 4.42 Å². The molecule has 0 saturated heterocycles. The minimum atomic E-state index is -0.186.